The number of ether oxygens (including phenoxy) is 1. The first-order chi connectivity index (χ1) is 10.1. The quantitative estimate of drug-likeness (QED) is 0.588. The van der Waals surface area contributed by atoms with E-state index in [9.17, 15) is 4.79 Å². The minimum absolute atomic E-state index is 0.240. The third kappa shape index (κ3) is 4.40. The highest BCUT2D eigenvalue weighted by molar-refractivity contribution is 7.99. The van der Waals surface area contributed by atoms with Crippen molar-refractivity contribution in [3.8, 4) is 0 Å². The summed E-state index contributed by atoms with van der Waals surface area (Å²) < 4.78 is 6.54. The summed E-state index contributed by atoms with van der Waals surface area (Å²) in [6.45, 7) is 0.583. The number of methoxy groups -OCH3 is 1. The molecule has 1 aromatic heterocycles. The third-order valence-corrected chi connectivity index (χ3v) is 4.69. The number of halogens is 2. The van der Waals surface area contributed by atoms with Crippen LogP contribution in [-0.4, -0.2) is 28.4 Å². The van der Waals surface area contributed by atoms with Crippen molar-refractivity contribution in [1.82, 2.24) is 9.55 Å². The number of hydrogen-bond acceptors (Lipinski definition) is 4. The van der Waals surface area contributed by atoms with E-state index < -0.39 is 0 Å². The van der Waals surface area contributed by atoms with Crippen LogP contribution in [0.15, 0.2) is 35.6 Å². The molecule has 7 heteroatoms. The SMILES string of the molecule is COC(=O)CCSc1c(Cl)ncn1Cc1ccccc1Cl. The Morgan fingerprint density at radius 3 is 2.86 bits per heavy atom. The molecule has 0 aliphatic carbocycles. The number of hydrogen-bond donors (Lipinski definition) is 0. The molecular weight excluding hydrogens is 331 g/mol. The molecule has 4 nitrogen and oxygen atoms in total. The van der Waals surface area contributed by atoms with Gasteiger partial charge in [0, 0.05) is 10.8 Å². The van der Waals surface area contributed by atoms with Gasteiger partial charge in [-0.3, -0.25) is 4.79 Å². The monoisotopic (exact) mass is 344 g/mol. The fourth-order valence-electron chi connectivity index (χ4n) is 1.74. The Labute approximate surface area is 137 Å². The number of benzene rings is 1. The lowest BCUT2D eigenvalue weighted by molar-refractivity contribution is -0.140. The van der Waals surface area contributed by atoms with Gasteiger partial charge in [0.2, 0.25) is 0 Å². The van der Waals surface area contributed by atoms with Crippen molar-refractivity contribution in [2.24, 2.45) is 0 Å². The van der Waals surface area contributed by atoms with E-state index in [-0.39, 0.29) is 5.97 Å². The molecule has 0 atom stereocenters. The number of rotatable bonds is 6. The van der Waals surface area contributed by atoms with Gasteiger partial charge in [0.15, 0.2) is 5.15 Å². The summed E-state index contributed by atoms with van der Waals surface area (Å²) in [5.74, 6) is 0.344. The highest BCUT2D eigenvalue weighted by Crippen LogP contribution is 2.28. The normalized spacial score (nSPS) is 10.6. The second-order valence-electron chi connectivity index (χ2n) is 4.23. The Bertz CT molecular complexity index is 631. The predicted molar refractivity (Wildman–Crippen MR) is 85.1 cm³/mol. The van der Waals surface area contributed by atoms with Crippen LogP contribution in [0.1, 0.15) is 12.0 Å². The van der Waals surface area contributed by atoms with E-state index in [0.717, 1.165) is 10.6 Å². The standard InChI is InChI=1S/C14H14Cl2N2O2S/c1-20-12(19)6-7-21-14-13(16)17-9-18(14)8-10-4-2-3-5-11(10)15/h2-5,9H,6-8H2,1H3. The van der Waals surface area contributed by atoms with Crippen LogP contribution in [0.4, 0.5) is 0 Å². The lowest BCUT2D eigenvalue weighted by atomic mass is 10.2. The van der Waals surface area contributed by atoms with Crippen molar-refractivity contribution in [2.75, 3.05) is 12.9 Å². The molecule has 0 radical (unpaired) electrons. The Hall–Kier alpha value is -1.17. The van der Waals surface area contributed by atoms with Crippen LogP contribution < -0.4 is 0 Å². The summed E-state index contributed by atoms with van der Waals surface area (Å²) in [7, 11) is 1.38. The number of imidazole rings is 1. The van der Waals surface area contributed by atoms with Gasteiger partial charge in [-0.05, 0) is 11.6 Å². The average molecular weight is 345 g/mol. The molecule has 2 aromatic rings. The Morgan fingerprint density at radius 1 is 1.38 bits per heavy atom. The van der Waals surface area contributed by atoms with Gasteiger partial charge in [0.25, 0.3) is 0 Å². The molecule has 2 rings (SSSR count). The molecule has 0 aliphatic heterocycles. The van der Waals surface area contributed by atoms with Crippen molar-refractivity contribution in [1.29, 1.82) is 0 Å². The van der Waals surface area contributed by atoms with E-state index in [1.54, 1.807) is 6.33 Å². The fourth-order valence-corrected chi connectivity index (χ4v) is 3.17. The number of carbonyl (C=O) groups excluding carboxylic acids is 1. The van der Waals surface area contributed by atoms with Gasteiger partial charge in [0.1, 0.15) is 5.03 Å². The van der Waals surface area contributed by atoms with Gasteiger partial charge in [0.05, 0.1) is 26.4 Å². The van der Waals surface area contributed by atoms with Gasteiger partial charge in [-0.25, -0.2) is 4.98 Å². The molecule has 21 heavy (non-hydrogen) atoms. The first kappa shape index (κ1) is 16.2. The molecule has 0 aliphatic rings. The van der Waals surface area contributed by atoms with Crippen molar-refractivity contribution in [3.63, 3.8) is 0 Å². The van der Waals surface area contributed by atoms with Gasteiger partial charge in [-0.2, -0.15) is 0 Å². The topological polar surface area (TPSA) is 44.1 Å². The summed E-state index contributed by atoms with van der Waals surface area (Å²) in [6, 6.07) is 7.63. The summed E-state index contributed by atoms with van der Waals surface area (Å²) in [5, 5.41) is 1.95. The zero-order valence-corrected chi connectivity index (χ0v) is 13.7. The second kappa shape index (κ2) is 7.73. The molecule has 0 N–H and O–H groups in total. The lowest BCUT2D eigenvalue weighted by Gasteiger charge is -2.09. The van der Waals surface area contributed by atoms with Crippen LogP contribution in [0, 0.1) is 0 Å². The van der Waals surface area contributed by atoms with Crippen molar-refractivity contribution in [2.45, 2.75) is 18.0 Å². The summed E-state index contributed by atoms with van der Waals surface area (Å²) >= 11 is 13.7. The van der Waals surface area contributed by atoms with E-state index in [2.05, 4.69) is 9.72 Å². The number of thioether (sulfide) groups is 1. The van der Waals surface area contributed by atoms with Crippen LogP contribution in [0.25, 0.3) is 0 Å². The maximum Gasteiger partial charge on any atom is 0.306 e. The van der Waals surface area contributed by atoms with Crippen LogP contribution in [0.3, 0.4) is 0 Å². The van der Waals surface area contributed by atoms with E-state index >= 15 is 0 Å². The minimum Gasteiger partial charge on any atom is -0.469 e. The molecule has 0 amide bonds. The highest BCUT2D eigenvalue weighted by atomic mass is 35.5. The van der Waals surface area contributed by atoms with Crippen LogP contribution >= 0.6 is 35.0 Å². The fraction of sp³-hybridized carbons (Fsp3) is 0.286. The number of nitrogens with zero attached hydrogens (tertiary/aromatic N) is 2. The third-order valence-electron chi connectivity index (χ3n) is 2.82. The van der Waals surface area contributed by atoms with Crippen LogP contribution in [0.5, 0.6) is 0 Å². The van der Waals surface area contributed by atoms with Gasteiger partial charge in [-0.1, -0.05) is 41.4 Å². The first-order valence-electron chi connectivity index (χ1n) is 6.25. The smallest absolute Gasteiger partial charge is 0.306 e. The molecule has 1 heterocycles. The summed E-state index contributed by atoms with van der Waals surface area (Å²) in [4.78, 5) is 15.2. The number of carbonyl (C=O) groups is 1. The van der Waals surface area contributed by atoms with Crippen molar-refractivity contribution < 1.29 is 9.53 Å². The summed E-state index contributed by atoms with van der Waals surface area (Å²) in [6.07, 6.45) is 2.00. The molecule has 0 bridgehead atoms. The predicted octanol–water partition coefficient (Wildman–Crippen LogP) is 3.89. The molecule has 0 unspecified atom stereocenters. The van der Waals surface area contributed by atoms with E-state index in [4.69, 9.17) is 23.2 Å². The maximum absolute atomic E-state index is 11.1. The average Bonchev–Trinajstić information content (AvgIpc) is 2.82. The molecule has 112 valence electrons. The van der Waals surface area contributed by atoms with Gasteiger partial charge >= 0.3 is 5.97 Å². The molecule has 0 spiro atoms. The van der Waals surface area contributed by atoms with Crippen LogP contribution in [0.2, 0.25) is 10.2 Å². The van der Waals surface area contributed by atoms with Crippen molar-refractivity contribution >= 4 is 40.9 Å². The first-order valence-corrected chi connectivity index (χ1v) is 7.99. The lowest BCUT2D eigenvalue weighted by Crippen LogP contribution is -2.03. The zero-order chi connectivity index (χ0) is 15.2. The molecule has 0 saturated carbocycles. The Balaban J connectivity index is 2.07. The maximum atomic E-state index is 11.1. The molecule has 0 saturated heterocycles. The number of aromatic nitrogens is 2. The van der Waals surface area contributed by atoms with E-state index in [1.165, 1.54) is 18.9 Å². The Morgan fingerprint density at radius 2 is 2.14 bits per heavy atom. The largest absolute Gasteiger partial charge is 0.469 e. The number of esters is 1. The van der Waals surface area contributed by atoms with Gasteiger partial charge < -0.3 is 9.30 Å². The second-order valence-corrected chi connectivity index (χ2v) is 6.08. The molecule has 0 fully saturated rings. The minimum atomic E-state index is -0.240. The van der Waals surface area contributed by atoms with Crippen molar-refractivity contribution in [3.05, 3.63) is 46.3 Å². The molecular formula is C14H14Cl2N2O2S. The van der Waals surface area contributed by atoms with E-state index in [0.29, 0.717) is 28.9 Å². The highest BCUT2D eigenvalue weighted by Gasteiger charge is 2.12. The van der Waals surface area contributed by atoms with Gasteiger partial charge in [-0.15, -0.1) is 11.8 Å². The van der Waals surface area contributed by atoms with E-state index in [1.807, 2.05) is 28.8 Å². The van der Waals surface area contributed by atoms with Crippen LogP contribution in [-0.2, 0) is 16.1 Å². The zero-order valence-electron chi connectivity index (χ0n) is 11.4. The molecule has 1 aromatic carbocycles. The Kier molecular flexibility index (Phi) is 5.96. The summed E-state index contributed by atoms with van der Waals surface area (Å²) in [5.41, 5.74) is 0.989.